The normalized spacial score (nSPS) is 22.4. The first-order chi connectivity index (χ1) is 12.6. The van der Waals surface area contributed by atoms with Crippen LogP contribution in [0, 0.1) is 5.82 Å². The molecule has 1 heterocycles. The van der Waals surface area contributed by atoms with Crippen molar-refractivity contribution in [3.63, 3.8) is 0 Å². The van der Waals surface area contributed by atoms with Crippen LogP contribution in [0.5, 0.6) is 5.75 Å². The van der Waals surface area contributed by atoms with Crippen molar-refractivity contribution in [2.75, 3.05) is 0 Å². The number of aliphatic hydroxyl groups excluding tert-OH is 1. The van der Waals surface area contributed by atoms with Crippen LogP contribution in [0.1, 0.15) is 47.2 Å². The third kappa shape index (κ3) is 3.31. The van der Waals surface area contributed by atoms with Gasteiger partial charge in [0, 0.05) is 13.1 Å². The maximum Gasteiger partial charge on any atom is 0.258 e. The molecule has 1 fully saturated rings. The Morgan fingerprint density at radius 2 is 1.88 bits per heavy atom. The van der Waals surface area contributed by atoms with Crippen molar-refractivity contribution in [2.24, 2.45) is 0 Å². The highest BCUT2D eigenvalue weighted by Crippen LogP contribution is 2.34. The zero-order valence-electron chi connectivity index (χ0n) is 14.5. The lowest BCUT2D eigenvalue weighted by Gasteiger charge is -2.28. The molecule has 1 aliphatic heterocycles. The summed E-state index contributed by atoms with van der Waals surface area (Å²) in [5.41, 5.74) is 2.41. The fourth-order valence-electron chi connectivity index (χ4n) is 3.80. The summed E-state index contributed by atoms with van der Waals surface area (Å²) >= 11 is 0. The van der Waals surface area contributed by atoms with Crippen LogP contribution in [0.25, 0.3) is 0 Å². The maximum absolute atomic E-state index is 13.1. The van der Waals surface area contributed by atoms with Crippen molar-refractivity contribution < 1.29 is 19.0 Å². The van der Waals surface area contributed by atoms with Crippen LogP contribution in [-0.4, -0.2) is 28.1 Å². The third-order valence-corrected chi connectivity index (χ3v) is 5.21. The Morgan fingerprint density at radius 1 is 1.12 bits per heavy atom. The fraction of sp³-hybridized carbons (Fsp3) is 0.381. The summed E-state index contributed by atoms with van der Waals surface area (Å²) in [4.78, 5) is 14.7. The van der Waals surface area contributed by atoms with E-state index in [1.165, 1.54) is 12.1 Å². The Hall–Kier alpha value is -2.40. The molecule has 2 aromatic rings. The second kappa shape index (κ2) is 7.08. The Bertz CT molecular complexity index is 805. The SMILES string of the molecule is O=C1c2c(cccc2O[C@@H]2CCCC[C@H]2O)CN1Cc1ccc(F)cc1. The van der Waals surface area contributed by atoms with Gasteiger partial charge in [-0.1, -0.05) is 30.7 Å². The molecule has 0 saturated heterocycles. The number of hydrogen-bond donors (Lipinski definition) is 1. The predicted molar refractivity (Wildman–Crippen MR) is 95.3 cm³/mol. The van der Waals surface area contributed by atoms with Gasteiger partial charge in [-0.2, -0.15) is 0 Å². The van der Waals surface area contributed by atoms with E-state index < -0.39 is 6.10 Å². The molecule has 5 heteroatoms. The summed E-state index contributed by atoms with van der Waals surface area (Å²) in [5.74, 6) is 0.191. The summed E-state index contributed by atoms with van der Waals surface area (Å²) in [7, 11) is 0. The first-order valence-corrected chi connectivity index (χ1v) is 9.12. The molecule has 0 bridgehead atoms. The van der Waals surface area contributed by atoms with Gasteiger partial charge < -0.3 is 14.7 Å². The summed E-state index contributed by atoms with van der Waals surface area (Å²) < 4.78 is 19.1. The zero-order chi connectivity index (χ0) is 18.1. The van der Waals surface area contributed by atoms with Crippen LogP contribution >= 0.6 is 0 Å². The van der Waals surface area contributed by atoms with E-state index in [4.69, 9.17) is 4.74 Å². The summed E-state index contributed by atoms with van der Waals surface area (Å²) in [6.07, 6.45) is 2.85. The highest BCUT2D eigenvalue weighted by atomic mass is 19.1. The number of carbonyl (C=O) groups excluding carboxylic acids is 1. The number of carbonyl (C=O) groups is 1. The number of aliphatic hydroxyl groups is 1. The molecule has 1 N–H and O–H groups in total. The van der Waals surface area contributed by atoms with Gasteiger partial charge >= 0.3 is 0 Å². The Balaban J connectivity index is 1.53. The highest BCUT2D eigenvalue weighted by Gasteiger charge is 2.33. The van der Waals surface area contributed by atoms with E-state index in [9.17, 15) is 14.3 Å². The smallest absolute Gasteiger partial charge is 0.258 e. The Morgan fingerprint density at radius 3 is 2.65 bits per heavy atom. The second-order valence-corrected chi connectivity index (χ2v) is 7.09. The molecule has 4 nitrogen and oxygen atoms in total. The molecule has 0 aromatic heterocycles. The molecule has 2 aliphatic rings. The molecule has 0 radical (unpaired) electrons. The van der Waals surface area contributed by atoms with Crippen LogP contribution in [0.4, 0.5) is 4.39 Å². The van der Waals surface area contributed by atoms with Crippen molar-refractivity contribution in [3.05, 3.63) is 65.0 Å². The molecule has 136 valence electrons. The minimum atomic E-state index is -0.480. The van der Waals surface area contributed by atoms with E-state index in [1.54, 1.807) is 23.1 Å². The number of rotatable bonds is 4. The molecule has 26 heavy (non-hydrogen) atoms. The summed E-state index contributed by atoms with van der Waals surface area (Å²) in [5, 5.41) is 10.2. The van der Waals surface area contributed by atoms with Crippen molar-refractivity contribution in [3.8, 4) is 5.75 Å². The van der Waals surface area contributed by atoms with Crippen molar-refractivity contribution in [1.82, 2.24) is 4.90 Å². The summed E-state index contributed by atoms with van der Waals surface area (Å²) in [6, 6.07) is 11.8. The van der Waals surface area contributed by atoms with E-state index in [0.29, 0.717) is 24.4 Å². The first-order valence-electron chi connectivity index (χ1n) is 9.12. The first kappa shape index (κ1) is 17.0. The predicted octanol–water partition coefficient (Wildman–Crippen LogP) is 3.66. The Kier molecular flexibility index (Phi) is 4.64. The molecule has 2 atom stereocenters. The number of hydrogen-bond acceptors (Lipinski definition) is 3. The van der Waals surface area contributed by atoms with E-state index in [1.807, 2.05) is 12.1 Å². The zero-order valence-corrected chi connectivity index (χ0v) is 14.5. The molecule has 1 amide bonds. The number of benzene rings is 2. The molecule has 0 unspecified atom stereocenters. The van der Waals surface area contributed by atoms with Crippen LogP contribution < -0.4 is 4.74 Å². The van der Waals surface area contributed by atoms with Crippen molar-refractivity contribution >= 4 is 5.91 Å². The van der Waals surface area contributed by atoms with Crippen molar-refractivity contribution in [1.29, 1.82) is 0 Å². The molecule has 4 rings (SSSR count). The van der Waals surface area contributed by atoms with Gasteiger partial charge in [0.2, 0.25) is 0 Å². The quantitative estimate of drug-likeness (QED) is 0.910. The standard InChI is InChI=1S/C21H22FNO3/c22-16-10-8-14(9-11-16)12-23-13-15-4-3-7-19(20(15)21(23)25)26-18-6-2-1-5-17(18)24/h3-4,7-11,17-18,24H,1-2,5-6,12-13H2/t17-,18-/m1/s1. The molecule has 2 aromatic carbocycles. The molecule has 0 spiro atoms. The lowest BCUT2D eigenvalue weighted by atomic mass is 9.94. The number of ether oxygens (including phenoxy) is 1. The average molecular weight is 355 g/mol. The molecular formula is C21H22FNO3. The fourth-order valence-corrected chi connectivity index (χ4v) is 3.80. The summed E-state index contributed by atoms with van der Waals surface area (Å²) in [6.45, 7) is 0.940. The maximum atomic E-state index is 13.1. The van der Waals surface area contributed by atoms with E-state index in [0.717, 1.165) is 36.8 Å². The lowest BCUT2D eigenvalue weighted by molar-refractivity contribution is 0.00636. The van der Waals surface area contributed by atoms with E-state index in [-0.39, 0.29) is 17.8 Å². The van der Waals surface area contributed by atoms with Gasteiger partial charge in [0.05, 0.1) is 11.7 Å². The lowest BCUT2D eigenvalue weighted by Crippen LogP contribution is -2.35. The minimum Gasteiger partial charge on any atom is -0.487 e. The van der Waals surface area contributed by atoms with Gasteiger partial charge in [0.25, 0.3) is 5.91 Å². The van der Waals surface area contributed by atoms with Crippen LogP contribution in [0.15, 0.2) is 42.5 Å². The van der Waals surface area contributed by atoms with Gasteiger partial charge in [0.15, 0.2) is 0 Å². The number of nitrogens with zero attached hydrogens (tertiary/aromatic N) is 1. The minimum absolute atomic E-state index is 0.0785. The average Bonchev–Trinajstić information content (AvgIpc) is 2.96. The van der Waals surface area contributed by atoms with Crippen LogP contribution in [-0.2, 0) is 13.1 Å². The van der Waals surface area contributed by atoms with Crippen LogP contribution in [0.3, 0.4) is 0 Å². The van der Waals surface area contributed by atoms with Gasteiger partial charge in [-0.3, -0.25) is 4.79 Å². The molecule has 1 aliphatic carbocycles. The number of fused-ring (bicyclic) bond motifs is 1. The number of amides is 1. The number of halogens is 1. The van der Waals surface area contributed by atoms with Gasteiger partial charge in [-0.05, 0) is 48.6 Å². The largest absolute Gasteiger partial charge is 0.487 e. The van der Waals surface area contributed by atoms with Crippen LogP contribution in [0.2, 0.25) is 0 Å². The Labute approximate surface area is 152 Å². The van der Waals surface area contributed by atoms with Gasteiger partial charge in [-0.25, -0.2) is 4.39 Å². The topological polar surface area (TPSA) is 49.8 Å². The molecule has 1 saturated carbocycles. The van der Waals surface area contributed by atoms with E-state index in [2.05, 4.69) is 0 Å². The second-order valence-electron chi connectivity index (χ2n) is 7.09. The monoisotopic (exact) mass is 355 g/mol. The highest BCUT2D eigenvalue weighted by molar-refractivity contribution is 6.01. The van der Waals surface area contributed by atoms with E-state index >= 15 is 0 Å². The van der Waals surface area contributed by atoms with Crippen molar-refractivity contribution in [2.45, 2.75) is 51.0 Å². The molecular weight excluding hydrogens is 333 g/mol. The van der Waals surface area contributed by atoms with Gasteiger partial charge in [-0.15, -0.1) is 0 Å². The van der Waals surface area contributed by atoms with Gasteiger partial charge in [0.1, 0.15) is 17.7 Å². The third-order valence-electron chi connectivity index (χ3n) is 5.21.